The molecule has 0 radical (unpaired) electrons. The summed E-state index contributed by atoms with van der Waals surface area (Å²) >= 11 is 0. The van der Waals surface area contributed by atoms with Crippen molar-refractivity contribution in [1.82, 2.24) is 0 Å². The fourth-order valence-corrected chi connectivity index (χ4v) is 0.984. The average molecular weight is 253 g/mol. The molecule has 0 aliphatic rings. The van der Waals surface area contributed by atoms with E-state index < -0.39 is 19.2 Å². The van der Waals surface area contributed by atoms with Gasteiger partial charge in [0.05, 0.1) is 6.21 Å². The molecule has 1 rings (SSSR count). The van der Waals surface area contributed by atoms with Crippen molar-refractivity contribution in [3.63, 3.8) is 0 Å². The standard InChI is InChI=1S/C10H8F5NO/c11-9(12)8-3-1-2-7(4-8)5-16-17-6-10(13,14)15/h1-5,9H,6H2. The molecule has 0 bridgehead atoms. The molecule has 17 heavy (non-hydrogen) atoms. The molecule has 0 amide bonds. The maximum absolute atomic E-state index is 12.3. The minimum atomic E-state index is -4.47. The molecule has 7 heteroatoms. The van der Waals surface area contributed by atoms with Gasteiger partial charge in [-0.15, -0.1) is 0 Å². The second kappa shape index (κ2) is 5.60. The highest BCUT2D eigenvalue weighted by Gasteiger charge is 2.28. The van der Waals surface area contributed by atoms with E-state index in [-0.39, 0.29) is 11.1 Å². The van der Waals surface area contributed by atoms with Crippen molar-refractivity contribution in [2.75, 3.05) is 6.61 Å². The zero-order chi connectivity index (χ0) is 12.9. The van der Waals surface area contributed by atoms with Gasteiger partial charge in [-0.1, -0.05) is 23.4 Å². The van der Waals surface area contributed by atoms with Crippen molar-refractivity contribution in [3.8, 4) is 0 Å². The fraction of sp³-hybridized carbons (Fsp3) is 0.300. The first-order valence-electron chi connectivity index (χ1n) is 4.49. The summed E-state index contributed by atoms with van der Waals surface area (Å²) in [5.41, 5.74) is 0.00902. The number of benzene rings is 1. The molecule has 0 aliphatic heterocycles. The molecule has 0 aliphatic carbocycles. The molecule has 1 aromatic rings. The first-order valence-corrected chi connectivity index (χ1v) is 4.49. The third kappa shape index (κ3) is 5.28. The van der Waals surface area contributed by atoms with Gasteiger partial charge in [0.25, 0.3) is 6.43 Å². The molecule has 0 aromatic heterocycles. The molecule has 0 saturated heterocycles. The lowest BCUT2D eigenvalue weighted by atomic mass is 10.1. The Bertz CT molecular complexity index is 389. The van der Waals surface area contributed by atoms with E-state index in [9.17, 15) is 22.0 Å². The SMILES string of the molecule is FC(F)c1cccc(C=NOCC(F)(F)F)c1. The van der Waals surface area contributed by atoms with Gasteiger partial charge in [-0.05, 0) is 11.6 Å². The molecule has 0 spiro atoms. The second-order valence-electron chi connectivity index (χ2n) is 3.09. The molecule has 0 atom stereocenters. The smallest absolute Gasteiger partial charge is 0.386 e. The van der Waals surface area contributed by atoms with Crippen LogP contribution in [0.2, 0.25) is 0 Å². The van der Waals surface area contributed by atoms with Gasteiger partial charge in [-0.3, -0.25) is 0 Å². The van der Waals surface area contributed by atoms with Gasteiger partial charge in [0.15, 0.2) is 0 Å². The van der Waals surface area contributed by atoms with Crippen molar-refractivity contribution in [2.24, 2.45) is 5.16 Å². The van der Waals surface area contributed by atoms with Crippen LogP contribution in [0, 0.1) is 0 Å². The Kier molecular flexibility index (Phi) is 4.42. The molecule has 0 N–H and O–H groups in total. The van der Waals surface area contributed by atoms with Crippen LogP contribution in [0.3, 0.4) is 0 Å². The van der Waals surface area contributed by atoms with Crippen LogP contribution in [0.15, 0.2) is 29.4 Å². The van der Waals surface area contributed by atoms with Crippen LogP contribution in [0.1, 0.15) is 17.6 Å². The highest BCUT2D eigenvalue weighted by atomic mass is 19.4. The lowest BCUT2D eigenvalue weighted by Gasteiger charge is -2.03. The van der Waals surface area contributed by atoms with Crippen molar-refractivity contribution in [2.45, 2.75) is 12.6 Å². The van der Waals surface area contributed by atoms with Gasteiger partial charge in [-0.25, -0.2) is 8.78 Å². The Morgan fingerprint density at radius 2 is 2.00 bits per heavy atom. The molecule has 0 heterocycles. The third-order valence-corrected chi connectivity index (χ3v) is 1.67. The third-order valence-electron chi connectivity index (χ3n) is 1.67. The summed E-state index contributed by atoms with van der Waals surface area (Å²) in [5, 5.41) is 3.04. The number of halogens is 5. The quantitative estimate of drug-likeness (QED) is 0.457. The first-order chi connectivity index (χ1) is 7.88. The summed E-state index contributed by atoms with van der Waals surface area (Å²) in [6, 6.07) is 5.10. The van der Waals surface area contributed by atoms with Crippen molar-refractivity contribution in [1.29, 1.82) is 0 Å². The minimum Gasteiger partial charge on any atom is -0.386 e. The Labute approximate surface area is 93.7 Å². The molecule has 0 saturated carbocycles. The molecular weight excluding hydrogens is 245 g/mol. The highest BCUT2D eigenvalue weighted by Crippen LogP contribution is 2.19. The molecule has 94 valence electrons. The summed E-state index contributed by atoms with van der Waals surface area (Å²) in [7, 11) is 0. The molecule has 1 aromatic carbocycles. The predicted octanol–water partition coefficient (Wildman–Crippen LogP) is 3.54. The van der Waals surface area contributed by atoms with E-state index >= 15 is 0 Å². The minimum absolute atomic E-state index is 0.232. The van der Waals surface area contributed by atoms with Crippen LogP contribution in [0.4, 0.5) is 22.0 Å². The number of rotatable bonds is 4. The predicted molar refractivity (Wildman–Crippen MR) is 51.0 cm³/mol. The number of oxime groups is 1. The number of hydrogen-bond donors (Lipinski definition) is 0. The normalized spacial score (nSPS) is 12.4. The lowest BCUT2D eigenvalue weighted by molar-refractivity contribution is -0.173. The Morgan fingerprint density at radius 3 is 2.59 bits per heavy atom. The summed E-state index contributed by atoms with van der Waals surface area (Å²) < 4.78 is 59.5. The number of nitrogens with zero attached hydrogens (tertiary/aromatic N) is 1. The van der Waals surface area contributed by atoms with E-state index in [1.54, 1.807) is 0 Å². The average Bonchev–Trinajstić information content (AvgIpc) is 2.23. The summed E-state index contributed by atoms with van der Waals surface area (Å²) in [6.45, 7) is -1.52. The van der Waals surface area contributed by atoms with Gasteiger partial charge in [-0.2, -0.15) is 13.2 Å². The lowest BCUT2D eigenvalue weighted by Crippen LogP contribution is -2.14. The number of alkyl halides is 5. The molecule has 0 fully saturated rings. The second-order valence-corrected chi connectivity index (χ2v) is 3.09. The monoisotopic (exact) mass is 253 g/mol. The Hall–Kier alpha value is -1.66. The largest absolute Gasteiger partial charge is 0.425 e. The maximum atomic E-state index is 12.3. The van der Waals surface area contributed by atoms with E-state index in [4.69, 9.17) is 0 Å². The van der Waals surface area contributed by atoms with Crippen LogP contribution in [0.5, 0.6) is 0 Å². The topological polar surface area (TPSA) is 21.6 Å². The molecule has 0 unspecified atom stereocenters. The molecule has 2 nitrogen and oxygen atoms in total. The van der Waals surface area contributed by atoms with Crippen LogP contribution in [0.25, 0.3) is 0 Å². The van der Waals surface area contributed by atoms with E-state index in [1.165, 1.54) is 18.2 Å². The highest BCUT2D eigenvalue weighted by molar-refractivity contribution is 5.79. The van der Waals surface area contributed by atoms with Crippen LogP contribution in [-0.2, 0) is 4.84 Å². The van der Waals surface area contributed by atoms with Crippen LogP contribution in [-0.4, -0.2) is 19.0 Å². The zero-order valence-electron chi connectivity index (χ0n) is 8.42. The van der Waals surface area contributed by atoms with Crippen molar-refractivity contribution in [3.05, 3.63) is 35.4 Å². The Balaban J connectivity index is 2.56. The summed E-state index contributed by atoms with van der Waals surface area (Å²) in [5.74, 6) is 0. The zero-order valence-corrected chi connectivity index (χ0v) is 8.42. The van der Waals surface area contributed by atoms with E-state index in [2.05, 4.69) is 9.99 Å². The van der Waals surface area contributed by atoms with Gasteiger partial charge in [0, 0.05) is 5.56 Å². The summed E-state index contributed by atoms with van der Waals surface area (Å²) in [4.78, 5) is 3.96. The van der Waals surface area contributed by atoms with Crippen molar-refractivity contribution >= 4 is 6.21 Å². The van der Waals surface area contributed by atoms with E-state index in [0.717, 1.165) is 12.3 Å². The van der Waals surface area contributed by atoms with Gasteiger partial charge >= 0.3 is 6.18 Å². The van der Waals surface area contributed by atoms with E-state index in [1.807, 2.05) is 0 Å². The molecular formula is C10H8F5NO. The fourth-order valence-electron chi connectivity index (χ4n) is 0.984. The van der Waals surface area contributed by atoms with E-state index in [0.29, 0.717) is 0 Å². The van der Waals surface area contributed by atoms with Crippen LogP contribution >= 0.6 is 0 Å². The van der Waals surface area contributed by atoms with Crippen LogP contribution < -0.4 is 0 Å². The van der Waals surface area contributed by atoms with Crippen molar-refractivity contribution < 1.29 is 26.8 Å². The summed E-state index contributed by atoms with van der Waals surface area (Å²) in [6.07, 6.45) is -6.17. The first kappa shape index (κ1) is 13.4. The van der Waals surface area contributed by atoms with Gasteiger partial charge < -0.3 is 4.84 Å². The Morgan fingerprint density at radius 1 is 1.29 bits per heavy atom. The van der Waals surface area contributed by atoms with Gasteiger partial charge in [0.1, 0.15) is 0 Å². The number of hydrogen-bond acceptors (Lipinski definition) is 2. The maximum Gasteiger partial charge on any atom is 0.425 e. The van der Waals surface area contributed by atoms with Gasteiger partial charge in [0.2, 0.25) is 6.61 Å².